The number of nitrogens with two attached hydrogens (primary N) is 1. The van der Waals surface area contributed by atoms with Crippen LogP contribution < -0.4 is 10.5 Å². The number of hydrogen-bond acceptors (Lipinski definition) is 3. The summed E-state index contributed by atoms with van der Waals surface area (Å²) >= 11 is 5.84. The van der Waals surface area contributed by atoms with Gasteiger partial charge >= 0.3 is 0 Å². The van der Waals surface area contributed by atoms with Gasteiger partial charge in [0.1, 0.15) is 18.2 Å². The molecule has 0 aliphatic carbocycles. The molecule has 2 rings (SSSR count). The molecule has 0 spiro atoms. The van der Waals surface area contributed by atoms with Crippen molar-refractivity contribution in [1.29, 1.82) is 0 Å². The zero-order chi connectivity index (χ0) is 11.4. The van der Waals surface area contributed by atoms with Crippen LogP contribution >= 0.6 is 11.6 Å². The van der Waals surface area contributed by atoms with Gasteiger partial charge in [0.05, 0.1) is 0 Å². The third-order valence-corrected chi connectivity index (χ3v) is 2.35. The Morgan fingerprint density at radius 2 is 2.12 bits per heavy atom. The van der Waals surface area contributed by atoms with Crippen molar-refractivity contribution in [2.24, 2.45) is 0 Å². The lowest BCUT2D eigenvalue weighted by molar-refractivity contribution is 0.306. The molecule has 0 saturated heterocycles. The van der Waals surface area contributed by atoms with Crippen LogP contribution in [0.3, 0.4) is 0 Å². The summed E-state index contributed by atoms with van der Waals surface area (Å²) in [6, 6.07) is 10.9. The molecule has 3 nitrogen and oxygen atoms in total. The fraction of sp³-hybridized carbons (Fsp3) is 0.0833. The second kappa shape index (κ2) is 4.86. The lowest BCUT2D eigenvalue weighted by Gasteiger charge is -2.07. The van der Waals surface area contributed by atoms with Crippen LogP contribution in [-0.4, -0.2) is 4.98 Å². The lowest BCUT2D eigenvalue weighted by Crippen LogP contribution is -2.01. The summed E-state index contributed by atoms with van der Waals surface area (Å²) < 4.78 is 5.55. The van der Waals surface area contributed by atoms with Gasteiger partial charge in [-0.15, -0.1) is 0 Å². The first-order chi connectivity index (χ1) is 7.75. The summed E-state index contributed by atoms with van der Waals surface area (Å²) in [5.41, 5.74) is 6.56. The van der Waals surface area contributed by atoms with E-state index in [1.54, 1.807) is 18.3 Å². The minimum absolute atomic E-state index is 0.389. The van der Waals surface area contributed by atoms with Crippen molar-refractivity contribution in [1.82, 2.24) is 4.98 Å². The molecular weight excluding hydrogens is 224 g/mol. The zero-order valence-electron chi connectivity index (χ0n) is 8.56. The van der Waals surface area contributed by atoms with Crippen molar-refractivity contribution in [2.75, 3.05) is 5.73 Å². The van der Waals surface area contributed by atoms with Gasteiger partial charge in [0.15, 0.2) is 0 Å². The van der Waals surface area contributed by atoms with E-state index in [4.69, 9.17) is 22.1 Å². The van der Waals surface area contributed by atoms with Gasteiger partial charge in [-0.05, 0) is 24.3 Å². The van der Waals surface area contributed by atoms with Gasteiger partial charge in [-0.1, -0.05) is 23.7 Å². The minimum atomic E-state index is 0.389. The van der Waals surface area contributed by atoms with E-state index in [1.807, 2.05) is 24.3 Å². The van der Waals surface area contributed by atoms with Crippen LogP contribution in [0.15, 0.2) is 42.6 Å². The first-order valence-electron chi connectivity index (χ1n) is 4.83. The lowest BCUT2D eigenvalue weighted by atomic mass is 10.3. The van der Waals surface area contributed by atoms with Crippen LogP contribution in [-0.2, 0) is 6.61 Å². The van der Waals surface area contributed by atoms with E-state index in [0.29, 0.717) is 17.4 Å². The summed E-state index contributed by atoms with van der Waals surface area (Å²) in [6.45, 7) is 0.389. The van der Waals surface area contributed by atoms with E-state index in [9.17, 15) is 0 Å². The Hall–Kier alpha value is -1.74. The monoisotopic (exact) mass is 234 g/mol. The van der Waals surface area contributed by atoms with E-state index in [2.05, 4.69) is 4.98 Å². The smallest absolute Gasteiger partial charge is 0.129 e. The SMILES string of the molecule is Nc1ncccc1COc1cccc(Cl)c1. The fourth-order valence-electron chi connectivity index (χ4n) is 1.29. The molecule has 0 radical (unpaired) electrons. The maximum atomic E-state index is 5.84. The van der Waals surface area contributed by atoms with Crippen molar-refractivity contribution >= 4 is 17.4 Å². The van der Waals surface area contributed by atoms with Crippen LogP contribution in [0.2, 0.25) is 5.02 Å². The highest BCUT2D eigenvalue weighted by Gasteiger charge is 2.00. The molecule has 0 atom stereocenters. The van der Waals surface area contributed by atoms with E-state index < -0.39 is 0 Å². The van der Waals surface area contributed by atoms with E-state index in [-0.39, 0.29) is 0 Å². The van der Waals surface area contributed by atoms with Crippen LogP contribution in [0.1, 0.15) is 5.56 Å². The van der Waals surface area contributed by atoms with Crippen LogP contribution in [0.5, 0.6) is 5.75 Å². The number of benzene rings is 1. The summed E-state index contributed by atoms with van der Waals surface area (Å²) in [7, 11) is 0. The number of nitrogens with zero attached hydrogens (tertiary/aromatic N) is 1. The van der Waals surface area contributed by atoms with E-state index in [1.165, 1.54) is 0 Å². The number of aromatic nitrogens is 1. The number of ether oxygens (including phenoxy) is 1. The number of anilines is 1. The highest BCUT2D eigenvalue weighted by atomic mass is 35.5. The van der Waals surface area contributed by atoms with Gasteiger partial charge in [-0.2, -0.15) is 0 Å². The highest BCUT2D eigenvalue weighted by Crippen LogP contribution is 2.19. The maximum Gasteiger partial charge on any atom is 0.129 e. The molecule has 1 aromatic carbocycles. The predicted octanol–water partition coefficient (Wildman–Crippen LogP) is 2.90. The zero-order valence-corrected chi connectivity index (χ0v) is 9.32. The van der Waals surface area contributed by atoms with Gasteiger partial charge in [0.2, 0.25) is 0 Å². The average molecular weight is 235 g/mol. The van der Waals surface area contributed by atoms with E-state index >= 15 is 0 Å². The first-order valence-corrected chi connectivity index (χ1v) is 5.21. The number of hydrogen-bond donors (Lipinski definition) is 1. The van der Waals surface area contributed by atoms with Crippen molar-refractivity contribution in [3.63, 3.8) is 0 Å². The molecule has 0 bridgehead atoms. The van der Waals surface area contributed by atoms with Gasteiger partial charge in [0.25, 0.3) is 0 Å². The maximum absolute atomic E-state index is 5.84. The summed E-state index contributed by atoms with van der Waals surface area (Å²) in [5, 5.41) is 0.650. The van der Waals surface area contributed by atoms with Gasteiger partial charge in [-0.3, -0.25) is 0 Å². The molecule has 16 heavy (non-hydrogen) atoms. The van der Waals surface area contributed by atoms with Crippen LogP contribution in [0.4, 0.5) is 5.82 Å². The summed E-state index contributed by atoms with van der Waals surface area (Å²) in [5.74, 6) is 1.21. The molecule has 0 aliphatic heterocycles. The third-order valence-electron chi connectivity index (χ3n) is 2.12. The predicted molar refractivity (Wildman–Crippen MR) is 64.4 cm³/mol. The molecular formula is C12H11ClN2O. The van der Waals surface area contributed by atoms with Crippen molar-refractivity contribution in [2.45, 2.75) is 6.61 Å². The Kier molecular flexibility index (Phi) is 3.27. The molecule has 0 saturated carbocycles. The second-order valence-corrected chi connectivity index (χ2v) is 3.73. The first kappa shape index (κ1) is 10.8. The van der Waals surface area contributed by atoms with E-state index in [0.717, 1.165) is 11.3 Å². The van der Waals surface area contributed by atoms with Crippen LogP contribution in [0, 0.1) is 0 Å². The Morgan fingerprint density at radius 3 is 2.88 bits per heavy atom. The Labute approximate surface area is 98.8 Å². The molecule has 82 valence electrons. The molecule has 1 aromatic heterocycles. The van der Waals surface area contributed by atoms with Gasteiger partial charge in [0, 0.05) is 16.8 Å². The van der Waals surface area contributed by atoms with Crippen molar-refractivity contribution in [3.8, 4) is 5.75 Å². The molecule has 1 heterocycles. The largest absolute Gasteiger partial charge is 0.489 e. The van der Waals surface area contributed by atoms with Gasteiger partial charge < -0.3 is 10.5 Å². The normalized spacial score (nSPS) is 10.1. The highest BCUT2D eigenvalue weighted by molar-refractivity contribution is 6.30. The Balaban J connectivity index is 2.05. The summed E-state index contributed by atoms with van der Waals surface area (Å²) in [4.78, 5) is 3.98. The topological polar surface area (TPSA) is 48.1 Å². The Morgan fingerprint density at radius 1 is 1.25 bits per heavy atom. The number of rotatable bonds is 3. The van der Waals surface area contributed by atoms with Crippen molar-refractivity contribution < 1.29 is 4.74 Å². The molecule has 0 unspecified atom stereocenters. The quantitative estimate of drug-likeness (QED) is 0.888. The standard InChI is InChI=1S/C12H11ClN2O/c13-10-4-1-5-11(7-10)16-8-9-3-2-6-15-12(9)14/h1-7H,8H2,(H2,14,15). The van der Waals surface area contributed by atoms with Gasteiger partial charge in [-0.25, -0.2) is 4.98 Å². The molecule has 0 fully saturated rings. The average Bonchev–Trinajstić information content (AvgIpc) is 2.28. The van der Waals surface area contributed by atoms with Crippen LogP contribution in [0.25, 0.3) is 0 Å². The second-order valence-electron chi connectivity index (χ2n) is 3.29. The molecule has 4 heteroatoms. The molecule has 2 N–H and O–H groups in total. The van der Waals surface area contributed by atoms with Crippen molar-refractivity contribution in [3.05, 3.63) is 53.2 Å². The fourth-order valence-corrected chi connectivity index (χ4v) is 1.47. The Bertz CT molecular complexity index is 488. The minimum Gasteiger partial charge on any atom is -0.489 e. The molecule has 0 aliphatic rings. The molecule has 2 aromatic rings. The number of nitrogen functional groups attached to an aromatic ring is 1. The third kappa shape index (κ3) is 2.64. The number of pyridine rings is 1. The summed E-state index contributed by atoms with van der Waals surface area (Å²) in [6.07, 6.45) is 1.65. The molecule has 0 amide bonds. The number of halogens is 1.